The fourth-order valence-electron chi connectivity index (χ4n) is 2.69. The molecule has 0 aliphatic carbocycles. The van der Waals surface area contributed by atoms with Crippen LogP contribution in [0.3, 0.4) is 0 Å². The standard InChI is InChI=1S/C14H17N3OS/c1-10-9-12(13(18)16-6-3-4-7-16)11(2)17(10)14-15-5-8-19-14/h5,8-9H,3-4,6-7H2,1-2H3. The maximum Gasteiger partial charge on any atom is 0.255 e. The summed E-state index contributed by atoms with van der Waals surface area (Å²) in [5, 5.41) is 2.88. The van der Waals surface area contributed by atoms with Crippen molar-refractivity contribution >= 4 is 17.2 Å². The lowest BCUT2D eigenvalue weighted by Gasteiger charge is -2.15. The fraction of sp³-hybridized carbons (Fsp3) is 0.429. The molecule has 3 rings (SSSR count). The summed E-state index contributed by atoms with van der Waals surface area (Å²) in [6.07, 6.45) is 4.04. The molecule has 0 aromatic carbocycles. The number of thiazole rings is 1. The molecule has 2 aromatic heterocycles. The number of nitrogens with zero attached hydrogens (tertiary/aromatic N) is 3. The highest BCUT2D eigenvalue weighted by atomic mass is 32.1. The van der Waals surface area contributed by atoms with Gasteiger partial charge in [-0.2, -0.15) is 0 Å². The molecule has 1 amide bonds. The van der Waals surface area contributed by atoms with E-state index >= 15 is 0 Å². The summed E-state index contributed by atoms with van der Waals surface area (Å²) in [6.45, 7) is 5.80. The van der Waals surface area contributed by atoms with E-state index in [0.717, 1.165) is 48.0 Å². The Labute approximate surface area is 116 Å². The van der Waals surface area contributed by atoms with Crippen LogP contribution in [0.5, 0.6) is 0 Å². The minimum Gasteiger partial charge on any atom is -0.339 e. The van der Waals surface area contributed by atoms with Crippen LogP contribution in [-0.4, -0.2) is 33.4 Å². The van der Waals surface area contributed by atoms with Crippen LogP contribution in [0.1, 0.15) is 34.6 Å². The highest BCUT2D eigenvalue weighted by molar-refractivity contribution is 7.12. The second kappa shape index (κ2) is 4.81. The van der Waals surface area contributed by atoms with Crippen LogP contribution in [0.4, 0.5) is 0 Å². The molecule has 5 heteroatoms. The molecule has 0 saturated carbocycles. The number of aromatic nitrogens is 2. The van der Waals surface area contributed by atoms with Crippen molar-refractivity contribution in [3.8, 4) is 5.13 Å². The van der Waals surface area contributed by atoms with Crippen LogP contribution in [-0.2, 0) is 0 Å². The zero-order valence-corrected chi connectivity index (χ0v) is 12.0. The van der Waals surface area contributed by atoms with Crippen molar-refractivity contribution < 1.29 is 4.79 Å². The van der Waals surface area contributed by atoms with Gasteiger partial charge in [0.05, 0.1) is 5.56 Å². The molecule has 1 fully saturated rings. The first-order chi connectivity index (χ1) is 9.18. The van der Waals surface area contributed by atoms with Gasteiger partial charge in [0.1, 0.15) is 0 Å². The molecule has 3 heterocycles. The van der Waals surface area contributed by atoms with Gasteiger partial charge in [-0.3, -0.25) is 9.36 Å². The lowest BCUT2D eigenvalue weighted by Crippen LogP contribution is -2.27. The van der Waals surface area contributed by atoms with Crippen molar-refractivity contribution in [2.45, 2.75) is 26.7 Å². The van der Waals surface area contributed by atoms with Crippen LogP contribution < -0.4 is 0 Å². The largest absolute Gasteiger partial charge is 0.339 e. The molecule has 0 N–H and O–H groups in total. The molecule has 1 aliphatic rings. The quantitative estimate of drug-likeness (QED) is 0.845. The summed E-state index contributed by atoms with van der Waals surface area (Å²) in [6, 6.07) is 1.98. The van der Waals surface area contributed by atoms with Gasteiger partial charge >= 0.3 is 0 Å². The molecular formula is C14H17N3OS. The van der Waals surface area contributed by atoms with E-state index < -0.39 is 0 Å². The first-order valence-corrected chi connectivity index (χ1v) is 7.44. The maximum absolute atomic E-state index is 12.5. The van der Waals surface area contributed by atoms with Gasteiger partial charge in [0.25, 0.3) is 5.91 Å². The monoisotopic (exact) mass is 275 g/mol. The maximum atomic E-state index is 12.5. The Bertz CT molecular complexity index is 594. The van der Waals surface area contributed by atoms with Crippen molar-refractivity contribution in [3.63, 3.8) is 0 Å². The van der Waals surface area contributed by atoms with E-state index in [1.807, 2.05) is 30.2 Å². The molecule has 0 radical (unpaired) electrons. The first-order valence-electron chi connectivity index (χ1n) is 6.56. The van der Waals surface area contributed by atoms with Gasteiger partial charge in [0, 0.05) is 36.1 Å². The van der Waals surface area contributed by atoms with Crippen molar-refractivity contribution in [2.24, 2.45) is 0 Å². The number of rotatable bonds is 2. The smallest absolute Gasteiger partial charge is 0.255 e. The second-order valence-electron chi connectivity index (χ2n) is 4.93. The third-order valence-corrected chi connectivity index (χ3v) is 4.42. The molecule has 1 saturated heterocycles. The molecular weight excluding hydrogens is 258 g/mol. The second-order valence-corrected chi connectivity index (χ2v) is 5.81. The van der Waals surface area contributed by atoms with Crippen LogP contribution in [0, 0.1) is 13.8 Å². The Hall–Kier alpha value is -1.62. The van der Waals surface area contributed by atoms with E-state index in [1.165, 1.54) is 0 Å². The lowest BCUT2D eigenvalue weighted by atomic mass is 10.2. The van der Waals surface area contributed by atoms with E-state index in [9.17, 15) is 4.79 Å². The molecule has 0 spiro atoms. The van der Waals surface area contributed by atoms with Gasteiger partial charge in [-0.25, -0.2) is 4.98 Å². The van der Waals surface area contributed by atoms with E-state index in [4.69, 9.17) is 0 Å². The zero-order valence-electron chi connectivity index (χ0n) is 11.2. The van der Waals surface area contributed by atoms with Crippen LogP contribution in [0.2, 0.25) is 0 Å². The third-order valence-electron chi connectivity index (χ3n) is 3.67. The van der Waals surface area contributed by atoms with Gasteiger partial charge in [-0.05, 0) is 32.8 Å². The van der Waals surface area contributed by atoms with E-state index in [0.29, 0.717) is 0 Å². The summed E-state index contributed by atoms with van der Waals surface area (Å²) in [5.74, 6) is 0.161. The van der Waals surface area contributed by atoms with Crippen molar-refractivity contribution in [3.05, 3.63) is 34.6 Å². The Balaban J connectivity index is 2.00. The highest BCUT2D eigenvalue weighted by Crippen LogP contribution is 2.24. The van der Waals surface area contributed by atoms with E-state index in [2.05, 4.69) is 9.55 Å². The summed E-state index contributed by atoms with van der Waals surface area (Å²) in [7, 11) is 0. The molecule has 2 aromatic rings. The number of amides is 1. The lowest BCUT2D eigenvalue weighted by molar-refractivity contribution is 0.0792. The predicted octanol–water partition coefficient (Wildman–Crippen LogP) is 2.79. The third kappa shape index (κ3) is 2.08. The summed E-state index contributed by atoms with van der Waals surface area (Å²) in [4.78, 5) is 18.8. The number of aryl methyl sites for hydroxylation is 1. The molecule has 19 heavy (non-hydrogen) atoms. The van der Waals surface area contributed by atoms with Crippen LogP contribution in [0.25, 0.3) is 5.13 Å². The van der Waals surface area contributed by atoms with Gasteiger partial charge in [-0.15, -0.1) is 11.3 Å². The first kappa shape index (κ1) is 12.4. The molecule has 0 atom stereocenters. The van der Waals surface area contributed by atoms with E-state index in [1.54, 1.807) is 17.5 Å². The van der Waals surface area contributed by atoms with Crippen molar-refractivity contribution in [2.75, 3.05) is 13.1 Å². The van der Waals surface area contributed by atoms with Gasteiger partial charge in [-0.1, -0.05) is 0 Å². The van der Waals surface area contributed by atoms with Crippen LogP contribution in [0.15, 0.2) is 17.6 Å². The SMILES string of the molecule is Cc1cc(C(=O)N2CCCC2)c(C)n1-c1nccs1. The zero-order chi connectivity index (χ0) is 13.4. The average Bonchev–Trinajstić information content (AvgIpc) is 3.09. The average molecular weight is 275 g/mol. The Morgan fingerprint density at radius 1 is 1.32 bits per heavy atom. The normalized spacial score (nSPS) is 15.2. The van der Waals surface area contributed by atoms with Gasteiger partial charge < -0.3 is 4.90 Å². The Morgan fingerprint density at radius 3 is 2.68 bits per heavy atom. The summed E-state index contributed by atoms with van der Waals surface area (Å²) >= 11 is 1.59. The summed E-state index contributed by atoms with van der Waals surface area (Å²) < 4.78 is 2.06. The van der Waals surface area contributed by atoms with Crippen molar-refractivity contribution in [1.29, 1.82) is 0 Å². The minimum atomic E-state index is 0.161. The number of carbonyl (C=O) groups excluding carboxylic acids is 1. The van der Waals surface area contributed by atoms with Gasteiger partial charge in [0.15, 0.2) is 5.13 Å². The Morgan fingerprint density at radius 2 is 2.05 bits per heavy atom. The summed E-state index contributed by atoms with van der Waals surface area (Å²) in [5.41, 5.74) is 2.87. The van der Waals surface area contributed by atoms with E-state index in [-0.39, 0.29) is 5.91 Å². The van der Waals surface area contributed by atoms with Crippen LogP contribution >= 0.6 is 11.3 Å². The number of likely N-dealkylation sites (tertiary alicyclic amines) is 1. The molecule has 100 valence electrons. The predicted molar refractivity (Wildman–Crippen MR) is 76.1 cm³/mol. The fourth-order valence-corrected chi connectivity index (χ4v) is 3.44. The minimum absolute atomic E-state index is 0.161. The number of carbonyl (C=O) groups is 1. The highest BCUT2D eigenvalue weighted by Gasteiger charge is 2.24. The number of hydrogen-bond donors (Lipinski definition) is 0. The van der Waals surface area contributed by atoms with Gasteiger partial charge in [0.2, 0.25) is 0 Å². The molecule has 0 bridgehead atoms. The topological polar surface area (TPSA) is 38.1 Å². The number of hydrogen-bond acceptors (Lipinski definition) is 3. The molecule has 0 unspecified atom stereocenters. The Kier molecular flexibility index (Phi) is 3.14. The van der Waals surface area contributed by atoms with Crippen molar-refractivity contribution in [1.82, 2.24) is 14.5 Å². The molecule has 4 nitrogen and oxygen atoms in total. The molecule has 1 aliphatic heterocycles.